The third kappa shape index (κ3) is 28.8. The SMILES string of the molecule is CCCCCCCCC(CCCCCCCC)CNCC(CCCCCCCC)CCCCCCCC. The van der Waals surface area contributed by atoms with Gasteiger partial charge in [0.15, 0.2) is 0 Å². The number of rotatable bonds is 32. The number of unbranched alkanes of at least 4 members (excludes halogenated alkanes) is 20. The van der Waals surface area contributed by atoms with Crippen molar-refractivity contribution in [3.8, 4) is 0 Å². The van der Waals surface area contributed by atoms with Gasteiger partial charge in [0.2, 0.25) is 0 Å². The first-order chi connectivity index (χ1) is 18.3. The van der Waals surface area contributed by atoms with Crippen molar-refractivity contribution in [1.29, 1.82) is 0 Å². The normalized spacial score (nSPS) is 11.8. The van der Waals surface area contributed by atoms with Gasteiger partial charge in [-0.15, -0.1) is 0 Å². The summed E-state index contributed by atoms with van der Waals surface area (Å²) in [6, 6.07) is 0. The molecule has 0 radical (unpaired) electrons. The van der Waals surface area contributed by atoms with E-state index in [1.54, 1.807) is 0 Å². The summed E-state index contributed by atoms with van der Waals surface area (Å²) < 4.78 is 0. The van der Waals surface area contributed by atoms with Gasteiger partial charge in [-0.1, -0.05) is 182 Å². The summed E-state index contributed by atoms with van der Waals surface area (Å²) in [5.41, 5.74) is 0. The van der Waals surface area contributed by atoms with Gasteiger partial charge in [-0.2, -0.15) is 0 Å². The first-order valence-corrected chi connectivity index (χ1v) is 18.0. The summed E-state index contributed by atoms with van der Waals surface area (Å²) in [5.74, 6) is 1.84. The summed E-state index contributed by atoms with van der Waals surface area (Å²) in [5, 5.41) is 4.03. The Bertz CT molecular complexity index is 324. The molecule has 0 rings (SSSR count). The minimum Gasteiger partial charge on any atom is -0.316 e. The molecule has 0 aromatic carbocycles. The average molecular weight is 522 g/mol. The van der Waals surface area contributed by atoms with Crippen LogP contribution < -0.4 is 5.32 Å². The fourth-order valence-corrected chi connectivity index (χ4v) is 6.04. The summed E-state index contributed by atoms with van der Waals surface area (Å²) in [4.78, 5) is 0. The molecule has 0 saturated carbocycles. The zero-order valence-corrected chi connectivity index (χ0v) is 26.9. The van der Waals surface area contributed by atoms with Crippen molar-refractivity contribution >= 4 is 0 Å². The van der Waals surface area contributed by atoms with Gasteiger partial charge in [0, 0.05) is 0 Å². The molecule has 0 spiro atoms. The van der Waals surface area contributed by atoms with Crippen molar-refractivity contribution < 1.29 is 0 Å². The highest BCUT2D eigenvalue weighted by Crippen LogP contribution is 2.21. The molecule has 0 fully saturated rings. The second kappa shape index (κ2) is 32.2. The van der Waals surface area contributed by atoms with E-state index in [-0.39, 0.29) is 0 Å². The van der Waals surface area contributed by atoms with Crippen LogP contribution in [0.3, 0.4) is 0 Å². The zero-order valence-electron chi connectivity index (χ0n) is 26.9. The summed E-state index contributed by atoms with van der Waals surface area (Å²) >= 11 is 0. The van der Waals surface area contributed by atoms with Gasteiger partial charge < -0.3 is 5.32 Å². The van der Waals surface area contributed by atoms with Crippen LogP contribution in [0.4, 0.5) is 0 Å². The molecule has 0 unspecified atom stereocenters. The first-order valence-electron chi connectivity index (χ1n) is 18.0. The van der Waals surface area contributed by atoms with Gasteiger partial charge in [-0.3, -0.25) is 0 Å². The lowest BCUT2D eigenvalue weighted by Gasteiger charge is -2.22. The van der Waals surface area contributed by atoms with Gasteiger partial charge in [-0.05, 0) is 50.6 Å². The average Bonchev–Trinajstić information content (AvgIpc) is 2.91. The molecule has 1 nitrogen and oxygen atoms in total. The van der Waals surface area contributed by atoms with E-state index in [4.69, 9.17) is 0 Å². The lowest BCUT2D eigenvalue weighted by molar-refractivity contribution is 0.341. The zero-order chi connectivity index (χ0) is 27.1. The Kier molecular flexibility index (Phi) is 32.1. The van der Waals surface area contributed by atoms with E-state index in [0.717, 1.165) is 11.8 Å². The Morgan fingerprint density at radius 3 is 0.757 bits per heavy atom. The maximum atomic E-state index is 4.03. The molecule has 0 aromatic heterocycles. The topological polar surface area (TPSA) is 12.0 Å². The van der Waals surface area contributed by atoms with Crippen LogP contribution in [0, 0.1) is 11.8 Å². The highest BCUT2D eigenvalue weighted by atomic mass is 14.9. The molecule has 0 aliphatic carbocycles. The second-order valence-electron chi connectivity index (χ2n) is 12.6. The van der Waals surface area contributed by atoms with Crippen molar-refractivity contribution in [2.75, 3.05) is 13.1 Å². The maximum absolute atomic E-state index is 4.03. The van der Waals surface area contributed by atoms with Crippen molar-refractivity contribution in [3.05, 3.63) is 0 Å². The van der Waals surface area contributed by atoms with Crippen LogP contribution in [0.5, 0.6) is 0 Å². The summed E-state index contributed by atoms with van der Waals surface area (Å²) in [7, 11) is 0. The first kappa shape index (κ1) is 37.0. The van der Waals surface area contributed by atoms with E-state index in [0.29, 0.717) is 0 Å². The monoisotopic (exact) mass is 522 g/mol. The Morgan fingerprint density at radius 2 is 0.514 bits per heavy atom. The van der Waals surface area contributed by atoms with Crippen LogP contribution in [0.1, 0.15) is 207 Å². The van der Waals surface area contributed by atoms with Crippen LogP contribution in [0.25, 0.3) is 0 Å². The van der Waals surface area contributed by atoms with E-state index < -0.39 is 0 Å². The van der Waals surface area contributed by atoms with Crippen molar-refractivity contribution in [3.63, 3.8) is 0 Å². The largest absolute Gasteiger partial charge is 0.316 e. The van der Waals surface area contributed by atoms with Gasteiger partial charge in [0.1, 0.15) is 0 Å². The van der Waals surface area contributed by atoms with Crippen LogP contribution in [-0.2, 0) is 0 Å². The van der Waals surface area contributed by atoms with Gasteiger partial charge in [0.05, 0.1) is 0 Å². The van der Waals surface area contributed by atoms with E-state index in [2.05, 4.69) is 33.0 Å². The molecule has 224 valence electrons. The molecule has 1 N–H and O–H groups in total. The highest BCUT2D eigenvalue weighted by molar-refractivity contribution is 4.69. The summed E-state index contributed by atoms with van der Waals surface area (Å²) in [6.45, 7) is 11.9. The van der Waals surface area contributed by atoms with E-state index in [9.17, 15) is 0 Å². The van der Waals surface area contributed by atoms with E-state index >= 15 is 0 Å². The lowest BCUT2D eigenvalue weighted by Crippen LogP contribution is -2.28. The van der Waals surface area contributed by atoms with Crippen LogP contribution in [0.15, 0.2) is 0 Å². The van der Waals surface area contributed by atoms with Crippen LogP contribution in [0.2, 0.25) is 0 Å². The Morgan fingerprint density at radius 1 is 0.297 bits per heavy atom. The van der Waals surface area contributed by atoms with Crippen LogP contribution >= 0.6 is 0 Å². The molecule has 0 saturated heterocycles. The van der Waals surface area contributed by atoms with E-state index in [1.807, 2.05) is 0 Å². The van der Waals surface area contributed by atoms with Gasteiger partial charge in [-0.25, -0.2) is 0 Å². The molecule has 0 heterocycles. The van der Waals surface area contributed by atoms with E-state index in [1.165, 1.54) is 193 Å². The maximum Gasteiger partial charge on any atom is -0.00204 e. The molecule has 37 heavy (non-hydrogen) atoms. The third-order valence-electron chi connectivity index (χ3n) is 8.73. The molecular formula is C36H75N. The molecular weight excluding hydrogens is 446 g/mol. The number of hydrogen-bond donors (Lipinski definition) is 1. The molecule has 0 atom stereocenters. The van der Waals surface area contributed by atoms with Crippen molar-refractivity contribution in [1.82, 2.24) is 5.32 Å². The fraction of sp³-hybridized carbons (Fsp3) is 1.00. The number of nitrogens with one attached hydrogen (secondary N) is 1. The van der Waals surface area contributed by atoms with Crippen molar-refractivity contribution in [2.45, 2.75) is 207 Å². The Hall–Kier alpha value is -0.0400. The third-order valence-corrected chi connectivity index (χ3v) is 8.73. The fourth-order valence-electron chi connectivity index (χ4n) is 6.04. The second-order valence-corrected chi connectivity index (χ2v) is 12.6. The molecule has 0 amide bonds. The van der Waals surface area contributed by atoms with Gasteiger partial charge >= 0.3 is 0 Å². The smallest absolute Gasteiger partial charge is 0.00204 e. The molecule has 1 heteroatoms. The van der Waals surface area contributed by atoms with Gasteiger partial charge in [0.25, 0.3) is 0 Å². The quantitative estimate of drug-likeness (QED) is 0.0868. The van der Waals surface area contributed by atoms with Crippen LogP contribution in [-0.4, -0.2) is 13.1 Å². The highest BCUT2D eigenvalue weighted by Gasteiger charge is 2.12. The van der Waals surface area contributed by atoms with Crippen molar-refractivity contribution in [2.24, 2.45) is 11.8 Å². The number of hydrogen-bond acceptors (Lipinski definition) is 1. The Labute approximate surface area is 237 Å². The standard InChI is InChI=1S/C36H75N/c1-5-9-13-17-21-25-29-35(30-26-22-18-14-10-6-2)33-37-34-36(31-27-23-19-15-11-7-3)32-28-24-20-16-12-8-4/h35-37H,5-34H2,1-4H3. The molecule has 0 bridgehead atoms. The lowest BCUT2D eigenvalue weighted by atomic mass is 9.92. The molecule has 0 aliphatic heterocycles. The Balaban J connectivity index is 4.43. The minimum absolute atomic E-state index is 0.918. The predicted molar refractivity (Wildman–Crippen MR) is 172 cm³/mol. The predicted octanol–water partition coefficient (Wildman–Crippen LogP) is 12.8. The molecule has 0 aromatic rings. The molecule has 0 aliphatic rings. The summed E-state index contributed by atoms with van der Waals surface area (Å²) in [6.07, 6.45) is 40.4. The minimum atomic E-state index is 0.918.